The third-order valence-corrected chi connectivity index (χ3v) is 10.2. The van der Waals surface area contributed by atoms with Crippen LogP contribution in [-0.4, -0.2) is 9.38 Å². The molecule has 0 fully saturated rings. The van der Waals surface area contributed by atoms with Crippen molar-refractivity contribution in [1.82, 2.24) is 9.38 Å². The Labute approximate surface area is 250 Å². The van der Waals surface area contributed by atoms with Crippen LogP contribution in [0.15, 0.2) is 59.4 Å². The quantitative estimate of drug-likeness (QED) is 0.173. The van der Waals surface area contributed by atoms with E-state index in [1.54, 1.807) is 0 Å². The molecule has 0 unspecified atom stereocenters. The van der Waals surface area contributed by atoms with Crippen molar-refractivity contribution in [2.45, 2.75) is 78.6 Å². The SMILES string of the molecule is CC(C)(C)c1ccc2nc3c4c5cc(C(C)(C)C)c6ccc7ccc8c(C(C)(C)C)cc(c4c(=O)n3c2c1)c1c8c7c6c51. The first kappa shape index (κ1) is 25.3. The Morgan fingerprint density at radius 1 is 0.535 bits per heavy atom. The summed E-state index contributed by atoms with van der Waals surface area (Å²) < 4.78 is 1.91. The van der Waals surface area contributed by atoms with Gasteiger partial charge >= 0.3 is 0 Å². The highest BCUT2D eigenvalue weighted by molar-refractivity contribution is 6.49. The van der Waals surface area contributed by atoms with E-state index in [1.165, 1.54) is 59.8 Å². The van der Waals surface area contributed by atoms with Crippen LogP contribution in [0.25, 0.3) is 81.3 Å². The van der Waals surface area contributed by atoms with Crippen LogP contribution in [0.1, 0.15) is 79.0 Å². The molecule has 43 heavy (non-hydrogen) atoms. The average Bonchev–Trinajstić information content (AvgIpc) is 3.57. The minimum absolute atomic E-state index is 0.0313. The van der Waals surface area contributed by atoms with Crippen LogP contribution in [0.4, 0.5) is 0 Å². The van der Waals surface area contributed by atoms with Gasteiger partial charge in [0.25, 0.3) is 5.56 Å². The van der Waals surface area contributed by atoms with Crippen molar-refractivity contribution in [2.75, 3.05) is 0 Å². The summed E-state index contributed by atoms with van der Waals surface area (Å²) in [7, 11) is 0. The Kier molecular flexibility index (Phi) is 4.28. The second-order valence-electron chi connectivity index (χ2n) is 16.0. The number of nitrogens with zero attached hydrogens (tertiary/aromatic N) is 2. The molecule has 7 aromatic carbocycles. The second-order valence-corrected chi connectivity index (χ2v) is 16.0. The van der Waals surface area contributed by atoms with Crippen LogP contribution in [0, 0.1) is 0 Å². The third kappa shape index (κ3) is 2.91. The summed E-state index contributed by atoms with van der Waals surface area (Å²) in [4.78, 5) is 20.0. The van der Waals surface area contributed by atoms with Gasteiger partial charge in [-0.1, -0.05) is 92.6 Å². The molecular weight excluding hydrogens is 524 g/mol. The van der Waals surface area contributed by atoms with Crippen LogP contribution in [-0.2, 0) is 16.2 Å². The van der Waals surface area contributed by atoms with E-state index in [0.717, 1.165) is 38.2 Å². The summed E-state index contributed by atoms with van der Waals surface area (Å²) in [5, 5.41) is 14.5. The van der Waals surface area contributed by atoms with E-state index in [9.17, 15) is 4.79 Å². The molecule has 2 heterocycles. The summed E-state index contributed by atoms with van der Waals surface area (Å²) in [6, 6.07) is 20.4. The van der Waals surface area contributed by atoms with Crippen molar-refractivity contribution in [3.8, 4) is 0 Å². The lowest BCUT2D eigenvalue weighted by molar-refractivity contribution is 0.591. The molecule has 2 aromatic heterocycles. The van der Waals surface area contributed by atoms with E-state index < -0.39 is 0 Å². The fraction of sp³-hybridized carbons (Fsp3) is 0.300. The zero-order valence-corrected chi connectivity index (χ0v) is 26.5. The predicted molar refractivity (Wildman–Crippen MR) is 185 cm³/mol. The summed E-state index contributed by atoms with van der Waals surface area (Å²) in [5.74, 6) is 0. The van der Waals surface area contributed by atoms with Gasteiger partial charge in [0, 0.05) is 5.39 Å². The first-order valence-corrected chi connectivity index (χ1v) is 15.5. The van der Waals surface area contributed by atoms with E-state index in [1.807, 2.05) is 4.40 Å². The Morgan fingerprint density at radius 3 is 1.60 bits per heavy atom. The molecule has 0 saturated carbocycles. The van der Waals surface area contributed by atoms with Gasteiger partial charge in [0.1, 0.15) is 5.65 Å². The lowest BCUT2D eigenvalue weighted by Gasteiger charge is -2.23. The van der Waals surface area contributed by atoms with Crippen LogP contribution in [0.5, 0.6) is 0 Å². The Balaban J connectivity index is 1.66. The van der Waals surface area contributed by atoms with Gasteiger partial charge < -0.3 is 0 Å². The standard InChI is InChI=1S/C40H36N2O/c1-38(2,3)20-12-15-27-28(16-20)42-36(41-27)34-23-17-25(39(4,5)6)21-13-10-19-11-14-22-26(40(7,8)9)18-24(35(34)37(42)43)33-31(22)29(19)30(21)32(23)33/h10-18H,1-9H3. The number of aromatic nitrogens is 2. The predicted octanol–water partition coefficient (Wildman–Crippen LogP) is 10.4. The number of benzene rings is 6. The fourth-order valence-corrected chi connectivity index (χ4v) is 8.15. The van der Waals surface area contributed by atoms with Crippen molar-refractivity contribution in [1.29, 1.82) is 0 Å². The molecule has 212 valence electrons. The van der Waals surface area contributed by atoms with Crippen LogP contribution in [0.2, 0.25) is 0 Å². The van der Waals surface area contributed by atoms with Gasteiger partial charge in [-0.25, -0.2) is 4.98 Å². The van der Waals surface area contributed by atoms with E-state index >= 15 is 0 Å². The molecule has 0 aliphatic rings. The summed E-state index contributed by atoms with van der Waals surface area (Å²) >= 11 is 0. The molecule has 0 saturated heterocycles. The Morgan fingerprint density at radius 2 is 1.07 bits per heavy atom. The maximum absolute atomic E-state index is 14.8. The van der Waals surface area contributed by atoms with Crippen molar-refractivity contribution in [2.24, 2.45) is 0 Å². The lowest BCUT2D eigenvalue weighted by Crippen LogP contribution is -2.13. The Hall–Kier alpha value is -4.24. The maximum Gasteiger partial charge on any atom is 0.265 e. The van der Waals surface area contributed by atoms with Crippen LogP contribution < -0.4 is 5.56 Å². The number of hydrogen-bond donors (Lipinski definition) is 0. The van der Waals surface area contributed by atoms with Gasteiger partial charge in [0.05, 0.1) is 16.4 Å². The molecule has 0 atom stereocenters. The van der Waals surface area contributed by atoms with E-state index in [-0.39, 0.29) is 21.8 Å². The smallest absolute Gasteiger partial charge is 0.265 e. The van der Waals surface area contributed by atoms with Crippen LogP contribution >= 0.6 is 0 Å². The summed E-state index contributed by atoms with van der Waals surface area (Å²) in [6.07, 6.45) is 0. The van der Waals surface area contributed by atoms with Gasteiger partial charge in [-0.05, 0) is 111 Å². The molecule has 0 radical (unpaired) electrons. The Bertz CT molecular complexity index is 2660. The lowest BCUT2D eigenvalue weighted by atomic mass is 9.80. The topological polar surface area (TPSA) is 34.4 Å². The molecule has 9 rings (SSSR count). The first-order valence-electron chi connectivity index (χ1n) is 15.5. The highest BCUT2D eigenvalue weighted by atomic mass is 16.1. The number of hydrogen-bond acceptors (Lipinski definition) is 2. The minimum atomic E-state index is -0.0908. The van der Waals surface area contributed by atoms with Gasteiger partial charge in [0.2, 0.25) is 0 Å². The molecule has 9 aromatic rings. The highest BCUT2D eigenvalue weighted by Crippen LogP contribution is 2.54. The van der Waals surface area contributed by atoms with E-state index in [0.29, 0.717) is 0 Å². The molecule has 3 heteroatoms. The van der Waals surface area contributed by atoms with Crippen molar-refractivity contribution in [3.05, 3.63) is 81.6 Å². The molecule has 0 amide bonds. The monoisotopic (exact) mass is 560 g/mol. The van der Waals surface area contributed by atoms with Crippen LogP contribution in [0.3, 0.4) is 0 Å². The summed E-state index contributed by atoms with van der Waals surface area (Å²) in [6.45, 7) is 20.4. The molecule has 3 nitrogen and oxygen atoms in total. The van der Waals surface area contributed by atoms with Crippen molar-refractivity contribution < 1.29 is 0 Å². The zero-order valence-electron chi connectivity index (χ0n) is 26.5. The largest absolute Gasteiger partial charge is 0.268 e. The number of fused-ring (bicyclic) bond motifs is 7. The number of imidazole rings is 1. The molecule has 0 spiro atoms. The van der Waals surface area contributed by atoms with E-state index in [2.05, 4.69) is 117 Å². The van der Waals surface area contributed by atoms with Gasteiger partial charge in [0.15, 0.2) is 0 Å². The van der Waals surface area contributed by atoms with Crippen molar-refractivity contribution >= 4 is 81.3 Å². The molecule has 0 bridgehead atoms. The van der Waals surface area contributed by atoms with Gasteiger partial charge in [-0.2, -0.15) is 0 Å². The van der Waals surface area contributed by atoms with E-state index in [4.69, 9.17) is 4.98 Å². The third-order valence-electron chi connectivity index (χ3n) is 10.2. The molecule has 0 aliphatic carbocycles. The maximum atomic E-state index is 14.8. The zero-order chi connectivity index (χ0) is 30.1. The number of rotatable bonds is 0. The fourth-order valence-electron chi connectivity index (χ4n) is 8.15. The molecule has 0 aliphatic heterocycles. The normalized spacial score (nSPS) is 14.3. The average molecular weight is 561 g/mol. The second kappa shape index (κ2) is 7.27. The minimum Gasteiger partial charge on any atom is -0.268 e. The van der Waals surface area contributed by atoms with Gasteiger partial charge in [-0.3, -0.25) is 9.20 Å². The van der Waals surface area contributed by atoms with Gasteiger partial charge in [-0.15, -0.1) is 0 Å². The first-order chi connectivity index (χ1) is 20.2. The molecular formula is C40H36N2O. The molecule has 0 N–H and O–H groups in total. The summed E-state index contributed by atoms with van der Waals surface area (Å²) in [5.41, 5.74) is 6.21. The van der Waals surface area contributed by atoms with Crippen molar-refractivity contribution in [3.63, 3.8) is 0 Å². The highest BCUT2D eigenvalue weighted by Gasteiger charge is 2.32.